The molecule has 0 aliphatic carbocycles. The molecular formula is C27H24Cl2F4N2O2. The van der Waals surface area contributed by atoms with Crippen molar-refractivity contribution >= 4 is 29.1 Å². The molecular weight excluding hydrogens is 531 g/mol. The highest BCUT2D eigenvalue weighted by Crippen LogP contribution is 2.36. The van der Waals surface area contributed by atoms with E-state index in [2.05, 4.69) is 0 Å². The number of alkyl halides is 3. The van der Waals surface area contributed by atoms with Gasteiger partial charge in [-0.2, -0.15) is 13.2 Å². The zero-order chi connectivity index (χ0) is 26.9. The first-order valence-electron chi connectivity index (χ1n) is 11.4. The van der Waals surface area contributed by atoms with E-state index in [1.807, 2.05) is 11.0 Å². The SMILES string of the molecule is COc1ccccc1C(=O)N1C[C@H](c2ccc(Cl)c(Cl)c2)[C@H](N(C)Cc2ccc(C(F)(F)F)c(F)c2)C1. The van der Waals surface area contributed by atoms with Crippen LogP contribution in [0.15, 0.2) is 60.7 Å². The number of carbonyl (C=O) groups excluding carboxylic acids is 1. The molecule has 10 heteroatoms. The Bertz CT molecular complexity index is 1300. The molecule has 0 aromatic heterocycles. The van der Waals surface area contributed by atoms with Gasteiger partial charge in [0.2, 0.25) is 0 Å². The lowest BCUT2D eigenvalue weighted by molar-refractivity contribution is -0.140. The highest BCUT2D eigenvalue weighted by atomic mass is 35.5. The lowest BCUT2D eigenvalue weighted by Crippen LogP contribution is -2.38. The number of methoxy groups -OCH3 is 1. The Balaban J connectivity index is 1.63. The van der Waals surface area contributed by atoms with Crippen LogP contribution in [0.1, 0.15) is 33.0 Å². The van der Waals surface area contributed by atoms with Crippen LogP contribution in [0.2, 0.25) is 10.0 Å². The van der Waals surface area contributed by atoms with Gasteiger partial charge >= 0.3 is 6.18 Å². The Morgan fingerprint density at radius 2 is 1.78 bits per heavy atom. The number of hydrogen-bond acceptors (Lipinski definition) is 3. The third kappa shape index (κ3) is 5.87. The van der Waals surface area contributed by atoms with Crippen LogP contribution in [0.3, 0.4) is 0 Å². The number of hydrogen-bond donors (Lipinski definition) is 0. The van der Waals surface area contributed by atoms with Crippen LogP contribution in [0, 0.1) is 5.82 Å². The fourth-order valence-corrected chi connectivity index (χ4v) is 5.06. The molecule has 3 aromatic rings. The third-order valence-electron chi connectivity index (χ3n) is 6.62. The maximum Gasteiger partial charge on any atom is 0.419 e. The molecule has 1 heterocycles. The van der Waals surface area contributed by atoms with Gasteiger partial charge in [0.05, 0.1) is 28.3 Å². The van der Waals surface area contributed by atoms with Crippen molar-refractivity contribution < 1.29 is 27.1 Å². The number of likely N-dealkylation sites (tertiary alicyclic amines) is 1. The van der Waals surface area contributed by atoms with Crippen molar-refractivity contribution in [2.45, 2.75) is 24.7 Å². The van der Waals surface area contributed by atoms with Gasteiger partial charge in [-0.25, -0.2) is 4.39 Å². The molecule has 0 unspecified atom stereocenters. The molecule has 37 heavy (non-hydrogen) atoms. The first-order valence-corrected chi connectivity index (χ1v) is 12.2. The minimum absolute atomic E-state index is 0.175. The quantitative estimate of drug-likeness (QED) is 0.311. The van der Waals surface area contributed by atoms with Crippen LogP contribution in [0.5, 0.6) is 5.75 Å². The summed E-state index contributed by atoms with van der Waals surface area (Å²) in [7, 11) is 3.29. The number of amides is 1. The Labute approximate surface area is 222 Å². The summed E-state index contributed by atoms with van der Waals surface area (Å²) in [6.07, 6.45) is -4.77. The van der Waals surface area contributed by atoms with Gasteiger partial charge in [-0.05, 0) is 54.6 Å². The van der Waals surface area contributed by atoms with Gasteiger partial charge in [0.1, 0.15) is 11.6 Å². The van der Waals surface area contributed by atoms with Crippen LogP contribution < -0.4 is 4.74 Å². The van der Waals surface area contributed by atoms with E-state index in [1.54, 1.807) is 48.3 Å². The second-order valence-electron chi connectivity index (χ2n) is 8.98. The molecule has 1 aliphatic heterocycles. The smallest absolute Gasteiger partial charge is 0.419 e. The predicted octanol–water partition coefficient (Wildman–Crippen LogP) is 6.90. The van der Waals surface area contributed by atoms with Crippen molar-refractivity contribution in [2.24, 2.45) is 0 Å². The summed E-state index contributed by atoms with van der Waals surface area (Å²) in [5, 5.41) is 0.774. The van der Waals surface area contributed by atoms with Crippen LogP contribution in [0.25, 0.3) is 0 Å². The third-order valence-corrected chi connectivity index (χ3v) is 7.36. The lowest BCUT2D eigenvalue weighted by atomic mass is 9.93. The van der Waals surface area contributed by atoms with Crippen molar-refractivity contribution in [3.63, 3.8) is 0 Å². The summed E-state index contributed by atoms with van der Waals surface area (Å²) in [5.41, 5.74) is 0.364. The van der Waals surface area contributed by atoms with E-state index < -0.39 is 17.6 Å². The average molecular weight is 555 g/mol. The zero-order valence-corrected chi connectivity index (χ0v) is 21.5. The summed E-state index contributed by atoms with van der Waals surface area (Å²) in [6, 6.07) is 14.9. The molecule has 1 amide bonds. The van der Waals surface area contributed by atoms with E-state index in [0.29, 0.717) is 40.0 Å². The summed E-state index contributed by atoms with van der Waals surface area (Å²) in [6.45, 7) is 0.876. The van der Waals surface area contributed by atoms with Crippen molar-refractivity contribution in [2.75, 3.05) is 27.2 Å². The standard InChI is InChI=1S/C27H24Cl2F4N2O2/c1-34(13-16-7-9-20(23(30)11-16)27(31,32)33)24-15-35(26(36)18-5-3-4-6-25(18)37-2)14-19(24)17-8-10-21(28)22(29)12-17/h3-12,19,24H,13-15H2,1-2H3/t19-,24-/m1/s1. The number of nitrogens with zero attached hydrogens (tertiary/aromatic N) is 2. The molecule has 4 nitrogen and oxygen atoms in total. The number of rotatable bonds is 6. The molecule has 196 valence electrons. The number of likely N-dealkylation sites (N-methyl/N-ethyl adjacent to an activating group) is 1. The molecule has 4 rings (SSSR count). The van der Waals surface area contributed by atoms with Crippen molar-refractivity contribution in [3.05, 3.63) is 98.8 Å². The first kappa shape index (κ1) is 27.2. The van der Waals surface area contributed by atoms with E-state index in [9.17, 15) is 22.4 Å². The Morgan fingerprint density at radius 1 is 1.05 bits per heavy atom. The molecule has 1 fully saturated rings. The number of ether oxygens (including phenoxy) is 1. The van der Waals surface area contributed by atoms with Gasteiger partial charge in [-0.1, -0.05) is 47.5 Å². The first-order chi connectivity index (χ1) is 17.5. The van der Waals surface area contributed by atoms with Crippen molar-refractivity contribution in [3.8, 4) is 5.75 Å². The molecule has 2 atom stereocenters. The van der Waals surface area contributed by atoms with Crippen LogP contribution >= 0.6 is 23.2 Å². The fourth-order valence-electron chi connectivity index (χ4n) is 4.75. The zero-order valence-electron chi connectivity index (χ0n) is 20.0. The topological polar surface area (TPSA) is 32.8 Å². The summed E-state index contributed by atoms with van der Waals surface area (Å²) >= 11 is 12.4. The van der Waals surface area contributed by atoms with Gasteiger partial charge in [-0.3, -0.25) is 9.69 Å². The fraction of sp³-hybridized carbons (Fsp3) is 0.296. The van der Waals surface area contributed by atoms with Crippen LogP contribution in [0.4, 0.5) is 17.6 Å². The van der Waals surface area contributed by atoms with Gasteiger partial charge in [0.25, 0.3) is 5.91 Å². The Morgan fingerprint density at radius 3 is 2.43 bits per heavy atom. The predicted molar refractivity (Wildman–Crippen MR) is 135 cm³/mol. The Hall–Kier alpha value is -2.81. The maximum atomic E-state index is 14.2. The van der Waals surface area contributed by atoms with E-state index >= 15 is 0 Å². The van der Waals surface area contributed by atoms with E-state index in [-0.39, 0.29) is 24.4 Å². The lowest BCUT2D eigenvalue weighted by Gasteiger charge is -2.29. The molecule has 0 radical (unpaired) electrons. The number of halogens is 6. The van der Waals surface area contributed by atoms with Gasteiger partial charge in [0.15, 0.2) is 0 Å². The Kier molecular flexibility index (Phi) is 8.02. The molecule has 0 spiro atoms. The molecule has 0 N–H and O–H groups in total. The number of carbonyl (C=O) groups is 1. The highest BCUT2D eigenvalue weighted by Gasteiger charge is 2.40. The van der Waals surface area contributed by atoms with E-state index in [0.717, 1.165) is 17.7 Å². The minimum atomic E-state index is -4.77. The number of benzene rings is 3. The molecule has 3 aromatic carbocycles. The maximum absolute atomic E-state index is 14.2. The van der Waals surface area contributed by atoms with Gasteiger partial charge in [-0.15, -0.1) is 0 Å². The van der Waals surface area contributed by atoms with Crippen LogP contribution in [-0.2, 0) is 12.7 Å². The molecule has 0 saturated carbocycles. The molecule has 1 aliphatic rings. The van der Waals surface area contributed by atoms with Crippen molar-refractivity contribution in [1.82, 2.24) is 9.80 Å². The van der Waals surface area contributed by atoms with E-state index in [1.165, 1.54) is 13.2 Å². The summed E-state index contributed by atoms with van der Waals surface area (Å²) < 4.78 is 58.5. The number of para-hydroxylation sites is 1. The average Bonchev–Trinajstić information content (AvgIpc) is 3.30. The second-order valence-corrected chi connectivity index (χ2v) is 9.80. The van der Waals surface area contributed by atoms with Crippen molar-refractivity contribution in [1.29, 1.82) is 0 Å². The molecule has 1 saturated heterocycles. The monoisotopic (exact) mass is 554 g/mol. The summed E-state index contributed by atoms with van der Waals surface area (Å²) in [4.78, 5) is 17.1. The minimum Gasteiger partial charge on any atom is -0.496 e. The normalized spacial score (nSPS) is 17.9. The largest absolute Gasteiger partial charge is 0.496 e. The van der Waals surface area contributed by atoms with Gasteiger partial charge in [0, 0.05) is 31.6 Å². The van der Waals surface area contributed by atoms with E-state index in [4.69, 9.17) is 27.9 Å². The van der Waals surface area contributed by atoms with Crippen LogP contribution in [-0.4, -0.2) is 49.0 Å². The molecule has 0 bridgehead atoms. The highest BCUT2D eigenvalue weighted by molar-refractivity contribution is 6.42. The second kappa shape index (κ2) is 10.9. The summed E-state index contributed by atoms with van der Waals surface area (Å²) in [5.74, 6) is -1.26. The van der Waals surface area contributed by atoms with Gasteiger partial charge < -0.3 is 9.64 Å².